The Morgan fingerprint density at radius 1 is 1.50 bits per heavy atom. The Kier molecular flexibility index (Phi) is 4.41. The van der Waals surface area contributed by atoms with E-state index in [1.165, 1.54) is 0 Å². The van der Waals surface area contributed by atoms with Crippen LogP contribution < -0.4 is 10.2 Å². The number of nitrogens with zero attached hydrogens (tertiary/aromatic N) is 1. The summed E-state index contributed by atoms with van der Waals surface area (Å²) in [6.45, 7) is 3.09. The first kappa shape index (κ1) is 14.1. The molecule has 1 N–H and O–H groups in total. The Bertz CT molecular complexity index is 560. The Hall–Kier alpha value is -2.28. The number of para-hydroxylation sites is 1. The predicted molar refractivity (Wildman–Crippen MR) is 78.4 cm³/mol. The minimum atomic E-state index is -0.153. The van der Waals surface area contributed by atoms with Crippen LogP contribution in [0.2, 0.25) is 0 Å². The minimum absolute atomic E-state index is 0.0244. The molecule has 4 heteroatoms. The summed E-state index contributed by atoms with van der Waals surface area (Å²) < 4.78 is 0. The van der Waals surface area contributed by atoms with Crippen LogP contribution in [0.3, 0.4) is 0 Å². The Morgan fingerprint density at radius 3 is 2.90 bits per heavy atom. The third kappa shape index (κ3) is 2.83. The van der Waals surface area contributed by atoms with Crippen LogP contribution >= 0.6 is 0 Å². The lowest BCUT2D eigenvalue weighted by molar-refractivity contribution is -0.117. The fourth-order valence-electron chi connectivity index (χ4n) is 2.29. The molecule has 4 nitrogen and oxygen atoms in total. The molecule has 104 valence electrons. The standard InChI is InChI=1S/C16H18N2O2/c1-3-9-17-16(20)13-7-5-6-8-14(13)18-11-12(4-2)10-15(18)19/h2,5-8,12H,3,9-11H2,1H3,(H,17,20). The van der Waals surface area contributed by atoms with Gasteiger partial charge < -0.3 is 10.2 Å². The highest BCUT2D eigenvalue weighted by Crippen LogP contribution is 2.27. The average molecular weight is 270 g/mol. The summed E-state index contributed by atoms with van der Waals surface area (Å²) in [7, 11) is 0. The van der Waals surface area contributed by atoms with Gasteiger partial charge in [-0.2, -0.15) is 0 Å². The van der Waals surface area contributed by atoms with Crippen molar-refractivity contribution >= 4 is 17.5 Å². The highest BCUT2D eigenvalue weighted by atomic mass is 16.2. The molecular weight excluding hydrogens is 252 g/mol. The summed E-state index contributed by atoms with van der Waals surface area (Å²) >= 11 is 0. The molecule has 1 heterocycles. The fraction of sp³-hybridized carbons (Fsp3) is 0.375. The molecule has 1 aromatic rings. The van der Waals surface area contributed by atoms with Crippen LogP contribution in [-0.2, 0) is 4.79 Å². The van der Waals surface area contributed by atoms with Gasteiger partial charge in [0.05, 0.1) is 11.3 Å². The Morgan fingerprint density at radius 2 is 2.25 bits per heavy atom. The summed E-state index contributed by atoms with van der Waals surface area (Å²) in [4.78, 5) is 25.8. The molecule has 20 heavy (non-hydrogen) atoms. The number of benzene rings is 1. The second kappa shape index (κ2) is 6.25. The number of hydrogen-bond acceptors (Lipinski definition) is 2. The predicted octanol–water partition coefficient (Wildman–Crippen LogP) is 1.81. The topological polar surface area (TPSA) is 49.4 Å². The summed E-state index contributed by atoms with van der Waals surface area (Å²) in [6, 6.07) is 7.14. The molecule has 0 saturated carbocycles. The van der Waals surface area contributed by atoms with Crippen LogP contribution in [-0.4, -0.2) is 24.9 Å². The molecule has 0 aromatic heterocycles. The van der Waals surface area contributed by atoms with E-state index >= 15 is 0 Å². The van der Waals surface area contributed by atoms with Crippen molar-refractivity contribution in [2.75, 3.05) is 18.0 Å². The molecule has 2 amide bonds. The van der Waals surface area contributed by atoms with Crippen LogP contribution in [0.4, 0.5) is 5.69 Å². The number of amides is 2. The van der Waals surface area contributed by atoms with Crippen molar-refractivity contribution in [1.29, 1.82) is 0 Å². The lowest BCUT2D eigenvalue weighted by Gasteiger charge is -2.19. The molecule has 0 radical (unpaired) electrons. The molecule has 1 saturated heterocycles. The number of anilines is 1. The van der Waals surface area contributed by atoms with Gasteiger partial charge in [0.2, 0.25) is 5.91 Å². The molecule has 1 atom stereocenters. The van der Waals surface area contributed by atoms with Gasteiger partial charge in [0.25, 0.3) is 5.91 Å². The molecular formula is C16H18N2O2. The van der Waals surface area contributed by atoms with Crippen molar-refractivity contribution in [1.82, 2.24) is 5.32 Å². The van der Waals surface area contributed by atoms with E-state index in [1.54, 1.807) is 23.1 Å². The van der Waals surface area contributed by atoms with E-state index in [0.717, 1.165) is 6.42 Å². The van der Waals surface area contributed by atoms with Crippen LogP contribution in [0, 0.1) is 18.3 Å². The summed E-state index contributed by atoms with van der Waals surface area (Å²) in [5.41, 5.74) is 1.16. The highest BCUT2D eigenvalue weighted by Gasteiger charge is 2.31. The van der Waals surface area contributed by atoms with Crippen molar-refractivity contribution in [2.24, 2.45) is 5.92 Å². The maximum atomic E-state index is 12.1. The fourth-order valence-corrected chi connectivity index (χ4v) is 2.29. The monoisotopic (exact) mass is 270 g/mol. The van der Waals surface area contributed by atoms with Gasteiger partial charge in [0, 0.05) is 25.4 Å². The van der Waals surface area contributed by atoms with Crippen LogP contribution in [0.15, 0.2) is 24.3 Å². The van der Waals surface area contributed by atoms with E-state index < -0.39 is 0 Å². The van der Waals surface area contributed by atoms with Gasteiger partial charge in [-0.3, -0.25) is 9.59 Å². The number of carbonyl (C=O) groups excluding carboxylic acids is 2. The third-order valence-corrected chi connectivity index (χ3v) is 3.34. The van der Waals surface area contributed by atoms with Gasteiger partial charge in [-0.15, -0.1) is 12.3 Å². The van der Waals surface area contributed by atoms with E-state index in [9.17, 15) is 9.59 Å². The second-order valence-corrected chi connectivity index (χ2v) is 4.85. The third-order valence-electron chi connectivity index (χ3n) is 3.34. The van der Waals surface area contributed by atoms with E-state index in [4.69, 9.17) is 6.42 Å². The normalized spacial score (nSPS) is 17.9. The molecule has 1 aliphatic heterocycles. The molecule has 0 spiro atoms. The maximum absolute atomic E-state index is 12.1. The first-order valence-corrected chi connectivity index (χ1v) is 6.81. The first-order valence-electron chi connectivity index (χ1n) is 6.81. The van der Waals surface area contributed by atoms with Gasteiger partial charge in [-0.25, -0.2) is 0 Å². The van der Waals surface area contributed by atoms with Gasteiger partial charge >= 0.3 is 0 Å². The number of terminal acetylenes is 1. The average Bonchev–Trinajstić information content (AvgIpc) is 2.85. The minimum Gasteiger partial charge on any atom is -0.352 e. The molecule has 1 aromatic carbocycles. The van der Waals surface area contributed by atoms with E-state index in [-0.39, 0.29) is 17.7 Å². The Labute approximate surface area is 119 Å². The van der Waals surface area contributed by atoms with Gasteiger partial charge in [-0.1, -0.05) is 19.1 Å². The van der Waals surface area contributed by atoms with Crippen LogP contribution in [0.5, 0.6) is 0 Å². The molecule has 1 fully saturated rings. The number of carbonyl (C=O) groups is 2. The zero-order chi connectivity index (χ0) is 14.5. The van der Waals surface area contributed by atoms with Crippen molar-refractivity contribution in [3.05, 3.63) is 29.8 Å². The molecule has 1 aliphatic rings. The Balaban J connectivity index is 2.27. The number of nitrogens with one attached hydrogen (secondary N) is 1. The van der Waals surface area contributed by atoms with Gasteiger partial charge in [-0.05, 0) is 18.6 Å². The summed E-state index contributed by atoms with van der Waals surface area (Å²) in [6.07, 6.45) is 6.61. The quantitative estimate of drug-likeness (QED) is 0.848. The lowest BCUT2D eigenvalue weighted by Crippen LogP contribution is -2.30. The van der Waals surface area contributed by atoms with Gasteiger partial charge in [0.1, 0.15) is 0 Å². The van der Waals surface area contributed by atoms with Crippen molar-refractivity contribution < 1.29 is 9.59 Å². The molecule has 0 bridgehead atoms. The van der Waals surface area contributed by atoms with E-state index in [0.29, 0.717) is 30.8 Å². The van der Waals surface area contributed by atoms with E-state index in [1.807, 2.05) is 13.0 Å². The van der Waals surface area contributed by atoms with Crippen LogP contribution in [0.25, 0.3) is 0 Å². The molecule has 1 unspecified atom stereocenters. The van der Waals surface area contributed by atoms with Crippen molar-refractivity contribution in [3.63, 3.8) is 0 Å². The lowest BCUT2D eigenvalue weighted by atomic mass is 10.1. The summed E-state index contributed by atoms with van der Waals surface area (Å²) in [5, 5.41) is 2.84. The van der Waals surface area contributed by atoms with Crippen LogP contribution in [0.1, 0.15) is 30.1 Å². The highest BCUT2D eigenvalue weighted by molar-refractivity contribution is 6.05. The first-order chi connectivity index (χ1) is 9.67. The van der Waals surface area contributed by atoms with Crippen molar-refractivity contribution in [2.45, 2.75) is 19.8 Å². The zero-order valence-electron chi connectivity index (χ0n) is 11.6. The molecule has 0 aliphatic carbocycles. The van der Waals surface area contributed by atoms with Crippen molar-refractivity contribution in [3.8, 4) is 12.3 Å². The van der Waals surface area contributed by atoms with E-state index in [2.05, 4.69) is 11.2 Å². The number of hydrogen-bond donors (Lipinski definition) is 1. The SMILES string of the molecule is C#CC1CC(=O)N(c2ccccc2C(=O)NCCC)C1. The maximum Gasteiger partial charge on any atom is 0.253 e. The second-order valence-electron chi connectivity index (χ2n) is 4.85. The summed E-state index contributed by atoms with van der Waals surface area (Å²) in [5.74, 6) is 2.36. The van der Waals surface area contributed by atoms with Gasteiger partial charge in [0.15, 0.2) is 0 Å². The smallest absolute Gasteiger partial charge is 0.253 e. The number of rotatable bonds is 4. The largest absolute Gasteiger partial charge is 0.352 e. The molecule has 2 rings (SSSR count). The zero-order valence-corrected chi connectivity index (χ0v) is 11.6.